The molecule has 31 heavy (non-hydrogen) atoms. The van der Waals surface area contributed by atoms with E-state index < -0.39 is 28.4 Å². The molecule has 3 N–H and O–H groups in total. The predicted octanol–water partition coefficient (Wildman–Crippen LogP) is 2.43. The molecule has 0 fully saturated rings. The average Bonchev–Trinajstić information content (AvgIpc) is 2.73. The molecule has 0 bridgehead atoms. The van der Waals surface area contributed by atoms with Gasteiger partial charge in [-0.05, 0) is 49.4 Å². The Morgan fingerprint density at radius 2 is 1.68 bits per heavy atom. The maximum absolute atomic E-state index is 12.4. The number of halogens is 2. The van der Waals surface area contributed by atoms with Gasteiger partial charge in [0.1, 0.15) is 0 Å². The van der Waals surface area contributed by atoms with Crippen LogP contribution in [-0.4, -0.2) is 46.3 Å². The number of carbonyl (C=O) groups excluding carboxylic acids is 2. The molecule has 2 aromatic rings. The average molecular weight is 457 g/mol. The van der Waals surface area contributed by atoms with Gasteiger partial charge in [0.05, 0.1) is 19.4 Å². The van der Waals surface area contributed by atoms with Crippen LogP contribution in [0.15, 0.2) is 42.5 Å². The summed E-state index contributed by atoms with van der Waals surface area (Å²) in [6.45, 7) is -1.90. The Morgan fingerprint density at radius 3 is 2.26 bits per heavy atom. The van der Waals surface area contributed by atoms with E-state index in [0.717, 1.165) is 6.07 Å². The third-order valence-electron chi connectivity index (χ3n) is 3.87. The molecule has 0 radical (unpaired) electrons. The van der Waals surface area contributed by atoms with Crippen LogP contribution in [0.3, 0.4) is 0 Å². The van der Waals surface area contributed by atoms with Crippen LogP contribution in [0, 0.1) is 0 Å². The number of benzene rings is 2. The highest BCUT2D eigenvalue weighted by Crippen LogP contribution is 2.29. The van der Waals surface area contributed by atoms with Gasteiger partial charge in [0, 0.05) is 16.9 Å². The third kappa shape index (κ3) is 7.41. The van der Waals surface area contributed by atoms with Crippen molar-refractivity contribution in [1.82, 2.24) is 5.32 Å². The summed E-state index contributed by atoms with van der Waals surface area (Å²) in [6, 6.07) is 9.59. The lowest BCUT2D eigenvalue weighted by atomic mass is 10.2. The molecule has 168 valence electrons. The highest BCUT2D eigenvalue weighted by molar-refractivity contribution is 7.92. The highest BCUT2D eigenvalue weighted by atomic mass is 32.2. The van der Waals surface area contributed by atoms with Crippen LogP contribution in [0.4, 0.5) is 20.2 Å². The second-order valence-corrected chi connectivity index (χ2v) is 8.07. The number of ether oxygens (including phenoxy) is 2. The summed E-state index contributed by atoms with van der Waals surface area (Å²) >= 11 is 0. The van der Waals surface area contributed by atoms with Gasteiger partial charge >= 0.3 is 6.61 Å². The quantitative estimate of drug-likeness (QED) is 0.504. The van der Waals surface area contributed by atoms with Gasteiger partial charge in [0.15, 0.2) is 11.5 Å². The Balaban J connectivity index is 1.91. The summed E-state index contributed by atoms with van der Waals surface area (Å²) < 4.78 is 59.4. The highest BCUT2D eigenvalue weighted by Gasteiger charge is 2.15. The molecule has 0 spiro atoms. The van der Waals surface area contributed by atoms with E-state index in [0.29, 0.717) is 11.4 Å². The van der Waals surface area contributed by atoms with Crippen LogP contribution < -0.4 is 24.8 Å². The number of sulfonamides is 1. The Bertz CT molecular complexity index is 1030. The molecule has 0 aliphatic rings. The van der Waals surface area contributed by atoms with Gasteiger partial charge in [-0.2, -0.15) is 8.78 Å². The summed E-state index contributed by atoms with van der Waals surface area (Å²) in [5, 5.41) is 4.94. The van der Waals surface area contributed by atoms with Gasteiger partial charge in [0.2, 0.25) is 15.9 Å². The first-order chi connectivity index (χ1) is 14.6. The number of amides is 2. The number of hydrogen-bond acceptors (Lipinski definition) is 6. The molecule has 2 rings (SSSR count). The maximum Gasteiger partial charge on any atom is 0.387 e. The first-order valence-corrected chi connectivity index (χ1v) is 10.6. The van der Waals surface area contributed by atoms with E-state index in [-0.39, 0.29) is 29.4 Å². The van der Waals surface area contributed by atoms with Gasteiger partial charge < -0.3 is 20.1 Å². The summed E-state index contributed by atoms with van der Waals surface area (Å²) in [6.07, 6.45) is 0. The number of methoxy groups -OCH3 is 1. The lowest BCUT2D eigenvalue weighted by Gasteiger charge is -2.12. The van der Waals surface area contributed by atoms with E-state index >= 15 is 0 Å². The van der Waals surface area contributed by atoms with Crippen molar-refractivity contribution in [2.75, 3.05) is 29.4 Å². The van der Waals surface area contributed by atoms with Crippen molar-refractivity contribution in [3.63, 3.8) is 0 Å². The van der Waals surface area contributed by atoms with Crippen LogP contribution in [0.1, 0.15) is 17.3 Å². The topological polar surface area (TPSA) is 123 Å². The zero-order valence-corrected chi connectivity index (χ0v) is 17.5. The lowest BCUT2D eigenvalue weighted by Crippen LogP contribution is -2.32. The van der Waals surface area contributed by atoms with Gasteiger partial charge in [-0.15, -0.1) is 0 Å². The molecule has 0 saturated heterocycles. The fourth-order valence-electron chi connectivity index (χ4n) is 2.34. The fourth-order valence-corrected chi connectivity index (χ4v) is 2.98. The Hall–Kier alpha value is -3.41. The van der Waals surface area contributed by atoms with Gasteiger partial charge in [-0.3, -0.25) is 14.3 Å². The molecule has 0 heterocycles. The zero-order valence-electron chi connectivity index (χ0n) is 16.6. The SMILES string of the molecule is CCS(=O)(=O)Nc1ccc(NC(=O)CNC(=O)c2ccc(OC(F)F)c(OC)c2)cc1. The molecular formula is C19H21F2N3O6S. The Labute approximate surface area is 177 Å². The van der Waals surface area contributed by atoms with Crippen molar-refractivity contribution in [2.24, 2.45) is 0 Å². The lowest BCUT2D eigenvalue weighted by molar-refractivity contribution is -0.115. The van der Waals surface area contributed by atoms with Crippen molar-refractivity contribution >= 4 is 33.2 Å². The molecule has 0 unspecified atom stereocenters. The Kier molecular flexibility index (Phi) is 8.14. The van der Waals surface area contributed by atoms with Crippen molar-refractivity contribution in [3.05, 3.63) is 48.0 Å². The molecular weight excluding hydrogens is 436 g/mol. The number of hydrogen-bond donors (Lipinski definition) is 3. The van der Waals surface area contributed by atoms with E-state index in [1.54, 1.807) is 0 Å². The summed E-state index contributed by atoms with van der Waals surface area (Å²) in [7, 11) is -2.17. The van der Waals surface area contributed by atoms with Crippen molar-refractivity contribution in [1.29, 1.82) is 0 Å². The number of anilines is 2. The predicted molar refractivity (Wildman–Crippen MR) is 110 cm³/mol. The maximum atomic E-state index is 12.4. The van der Waals surface area contributed by atoms with Crippen LogP contribution in [0.2, 0.25) is 0 Å². The van der Waals surface area contributed by atoms with Gasteiger partial charge in [-0.1, -0.05) is 0 Å². The molecule has 2 amide bonds. The second kappa shape index (κ2) is 10.6. The molecule has 0 aliphatic heterocycles. The minimum absolute atomic E-state index is 0.0591. The van der Waals surface area contributed by atoms with Crippen molar-refractivity contribution in [2.45, 2.75) is 13.5 Å². The smallest absolute Gasteiger partial charge is 0.387 e. The van der Waals surface area contributed by atoms with E-state index in [1.165, 1.54) is 50.4 Å². The number of carbonyl (C=O) groups is 2. The first kappa shape index (κ1) is 23.9. The summed E-state index contributed by atoms with van der Waals surface area (Å²) in [4.78, 5) is 24.2. The van der Waals surface area contributed by atoms with Crippen LogP contribution in [0.25, 0.3) is 0 Å². The monoisotopic (exact) mass is 457 g/mol. The normalized spacial score (nSPS) is 11.0. The standard InChI is InChI=1S/C19H21F2N3O6S/c1-3-31(27,28)24-14-7-5-13(6-8-14)23-17(25)11-22-18(26)12-4-9-15(30-19(20)21)16(10-12)29-2/h4-10,19,24H,3,11H2,1-2H3,(H,22,26)(H,23,25). The Morgan fingerprint density at radius 1 is 1.03 bits per heavy atom. The molecule has 0 saturated carbocycles. The van der Waals surface area contributed by atoms with Gasteiger partial charge in [0.25, 0.3) is 5.91 Å². The molecule has 0 atom stereocenters. The molecule has 2 aromatic carbocycles. The molecule has 0 aliphatic carbocycles. The third-order valence-corrected chi connectivity index (χ3v) is 5.18. The fraction of sp³-hybridized carbons (Fsp3) is 0.263. The largest absolute Gasteiger partial charge is 0.493 e. The number of rotatable bonds is 10. The van der Waals surface area contributed by atoms with E-state index in [4.69, 9.17) is 4.74 Å². The van der Waals surface area contributed by atoms with Crippen molar-refractivity contribution < 1.29 is 36.3 Å². The number of alkyl halides is 2. The van der Waals surface area contributed by atoms with E-state index in [2.05, 4.69) is 20.1 Å². The molecule has 9 nitrogen and oxygen atoms in total. The first-order valence-electron chi connectivity index (χ1n) is 8.95. The molecule has 0 aromatic heterocycles. The van der Waals surface area contributed by atoms with Gasteiger partial charge in [-0.25, -0.2) is 8.42 Å². The minimum atomic E-state index is -3.41. The van der Waals surface area contributed by atoms with Crippen molar-refractivity contribution in [3.8, 4) is 11.5 Å². The summed E-state index contributed by atoms with van der Waals surface area (Å²) in [5.74, 6) is -1.51. The van der Waals surface area contributed by atoms with Crippen LogP contribution in [-0.2, 0) is 14.8 Å². The second-order valence-electron chi connectivity index (χ2n) is 6.06. The van der Waals surface area contributed by atoms with Crippen LogP contribution in [0.5, 0.6) is 11.5 Å². The summed E-state index contributed by atoms with van der Waals surface area (Å²) in [5.41, 5.74) is 0.828. The van der Waals surface area contributed by atoms with Crippen LogP contribution >= 0.6 is 0 Å². The zero-order chi connectivity index (χ0) is 23.0. The van der Waals surface area contributed by atoms with E-state index in [9.17, 15) is 26.8 Å². The number of nitrogens with one attached hydrogen (secondary N) is 3. The minimum Gasteiger partial charge on any atom is -0.493 e. The molecule has 12 heteroatoms. The van der Waals surface area contributed by atoms with E-state index in [1.807, 2.05) is 0 Å².